The number of benzene rings is 3. The van der Waals surface area contributed by atoms with Crippen molar-refractivity contribution in [1.82, 2.24) is 14.5 Å². The SMILES string of the molecule is c1ccc(-c2nc3ccccc3c3c2ncn3-c2ccccc2)cc1. The van der Waals surface area contributed by atoms with Crippen molar-refractivity contribution in [2.24, 2.45) is 0 Å². The van der Waals surface area contributed by atoms with Gasteiger partial charge < -0.3 is 0 Å². The molecule has 0 N–H and O–H groups in total. The summed E-state index contributed by atoms with van der Waals surface area (Å²) in [6, 6.07) is 28.8. The molecule has 0 aliphatic carbocycles. The van der Waals surface area contributed by atoms with Crippen LogP contribution < -0.4 is 0 Å². The lowest BCUT2D eigenvalue weighted by atomic mass is 10.1. The molecule has 118 valence electrons. The van der Waals surface area contributed by atoms with E-state index in [-0.39, 0.29) is 0 Å². The molecule has 0 saturated carbocycles. The van der Waals surface area contributed by atoms with Crippen molar-refractivity contribution in [2.75, 3.05) is 0 Å². The Kier molecular flexibility index (Phi) is 3.10. The van der Waals surface area contributed by atoms with E-state index in [2.05, 4.69) is 41.0 Å². The third-order valence-corrected chi connectivity index (χ3v) is 4.46. The molecule has 0 bridgehead atoms. The lowest BCUT2D eigenvalue weighted by Crippen LogP contribution is -1.94. The van der Waals surface area contributed by atoms with Gasteiger partial charge in [0.05, 0.1) is 16.7 Å². The number of para-hydroxylation sites is 2. The highest BCUT2D eigenvalue weighted by atomic mass is 15.1. The second kappa shape index (κ2) is 5.56. The Balaban J connectivity index is 1.93. The van der Waals surface area contributed by atoms with E-state index in [0.29, 0.717) is 0 Å². The van der Waals surface area contributed by atoms with Crippen LogP contribution in [0, 0.1) is 0 Å². The molecule has 3 aromatic carbocycles. The molecule has 0 fully saturated rings. The molecule has 3 nitrogen and oxygen atoms in total. The fourth-order valence-electron chi connectivity index (χ4n) is 3.31. The molecule has 0 unspecified atom stereocenters. The van der Waals surface area contributed by atoms with Crippen LogP contribution in [0.3, 0.4) is 0 Å². The second-order valence-corrected chi connectivity index (χ2v) is 5.99. The van der Waals surface area contributed by atoms with Gasteiger partial charge in [0.15, 0.2) is 0 Å². The molecule has 2 aromatic heterocycles. The van der Waals surface area contributed by atoms with Crippen LogP contribution in [0.5, 0.6) is 0 Å². The predicted octanol–water partition coefficient (Wildman–Crippen LogP) is 5.24. The Morgan fingerprint density at radius 3 is 2.16 bits per heavy atom. The Labute approximate surface area is 145 Å². The maximum atomic E-state index is 4.90. The number of nitrogens with zero attached hydrogens (tertiary/aromatic N) is 3. The van der Waals surface area contributed by atoms with Crippen LogP contribution in [0.1, 0.15) is 0 Å². The number of hydrogen-bond acceptors (Lipinski definition) is 2. The minimum Gasteiger partial charge on any atom is -0.298 e. The van der Waals surface area contributed by atoms with Gasteiger partial charge in [-0.1, -0.05) is 66.7 Å². The molecule has 5 rings (SSSR count). The average Bonchev–Trinajstić information content (AvgIpc) is 3.14. The van der Waals surface area contributed by atoms with Gasteiger partial charge >= 0.3 is 0 Å². The molecule has 3 heteroatoms. The first-order valence-electron chi connectivity index (χ1n) is 8.28. The van der Waals surface area contributed by atoms with Crippen LogP contribution in [0.25, 0.3) is 38.9 Å². The normalized spacial score (nSPS) is 11.2. The van der Waals surface area contributed by atoms with Crippen molar-refractivity contribution in [3.8, 4) is 16.9 Å². The van der Waals surface area contributed by atoms with Crippen molar-refractivity contribution < 1.29 is 0 Å². The monoisotopic (exact) mass is 321 g/mol. The van der Waals surface area contributed by atoms with Crippen molar-refractivity contribution in [1.29, 1.82) is 0 Å². The third-order valence-electron chi connectivity index (χ3n) is 4.46. The summed E-state index contributed by atoms with van der Waals surface area (Å²) in [5.41, 5.74) is 6.09. The van der Waals surface area contributed by atoms with Gasteiger partial charge in [-0.15, -0.1) is 0 Å². The highest BCUT2D eigenvalue weighted by Crippen LogP contribution is 2.32. The summed E-state index contributed by atoms with van der Waals surface area (Å²) in [5, 5.41) is 1.11. The van der Waals surface area contributed by atoms with Crippen LogP contribution in [0.4, 0.5) is 0 Å². The van der Waals surface area contributed by atoms with E-state index in [4.69, 9.17) is 9.97 Å². The van der Waals surface area contributed by atoms with Gasteiger partial charge in [-0.05, 0) is 18.2 Å². The quantitative estimate of drug-likeness (QED) is 0.445. The van der Waals surface area contributed by atoms with Crippen LogP contribution in [-0.2, 0) is 0 Å². The zero-order valence-electron chi connectivity index (χ0n) is 13.5. The topological polar surface area (TPSA) is 30.7 Å². The van der Waals surface area contributed by atoms with E-state index in [0.717, 1.165) is 38.9 Å². The zero-order valence-corrected chi connectivity index (χ0v) is 13.5. The molecule has 0 saturated heterocycles. The Hall–Kier alpha value is -3.46. The minimum absolute atomic E-state index is 0.920. The van der Waals surface area contributed by atoms with Crippen LogP contribution in [0.2, 0.25) is 0 Å². The summed E-state index contributed by atoms with van der Waals surface area (Å²) >= 11 is 0. The van der Waals surface area contributed by atoms with Crippen molar-refractivity contribution in [2.45, 2.75) is 0 Å². The zero-order chi connectivity index (χ0) is 16.6. The van der Waals surface area contributed by atoms with Crippen LogP contribution >= 0.6 is 0 Å². The molecular formula is C22H15N3. The fourth-order valence-corrected chi connectivity index (χ4v) is 3.31. The van der Waals surface area contributed by atoms with Crippen molar-refractivity contribution >= 4 is 21.9 Å². The van der Waals surface area contributed by atoms with E-state index in [9.17, 15) is 0 Å². The molecule has 2 heterocycles. The number of rotatable bonds is 2. The molecule has 0 radical (unpaired) electrons. The van der Waals surface area contributed by atoms with Gasteiger partial charge in [-0.25, -0.2) is 9.97 Å². The Morgan fingerprint density at radius 1 is 0.680 bits per heavy atom. The third kappa shape index (κ3) is 2.21. The molecule has 0 spiro atoms. The van der Waals surface area contributed by atoms with Gasteiger partial charge in [0, 0.05) is 16.6 Å². The number of imidazole rings is 1. The molecule has 0 aliphatic rings. The first-order valence-corrected chi connectivity index (χ1v) is 8.28. The van der Waals surface area contributed by atoms with Gasteiger partial charge in [-0.3, -0.25) is 4.57 Å². The standard InChI is InChI=1S/C22H15N3/c1-3-9-16(10-4-1)20-21-22(18-13-7-8-14-19(18)24-20)25(15-23-21)17-11-5-2-6-12-17/h1-15H. The number of hydrogen-bond donors (Lipinski definition) is 0. The summed E-state index contributed by atoms with van der Waals surface area (Å²) in [6.45, 7) is 0. The summed E-state index contributed by atoms with van der Waals surface area (Å²) in [5.74, 6) is 0. The van der Waals surface area contributed by atoms with Gasteiger partial charge in [-0.2, -0.15) is 0 Å². The van der Waals surface area contributed by atoms with Crippen LogP contribution in [-0.4, -0.2) is 14.5 Å². The second-order valence-electron chi connectivity index (χ2n) is 5.99. The maximum absolute atomic E-state index is 4.90. The predicted molar refractivity (Wildman–Crippen MR) is 102 cm³/mol. The summed E-state index contributed by atoms with van der Waals surface area (Å²) in [4.78, 5) is 9.63. The maximum Gasteiger partial charge on any atom is 0.116 e. The summed E-state index contributed by atoms with van der Waals surface area (Å²) < 4.78 is 2.14. The van der Waals surface area contributed by atoms with E-state index in [1.807, 2.05) is 54.9 Å². The van der Waals surface area contributed by atoms with Crippen LogP contribution in [0.15, 0.2) is 91.3 Å². The lowest BCUT2D eigenvalue weighted by molar-refractivity contribution is 1.10. The average molecular weight is 321 g/mol. The number of pyridine rings is 1. The highest BCUT2D eigenvalue weighted by molar-refractivity contribution is 6.08. The molecule has 0 atom stereocenters. The molecule has 5 aromatic rings. The summed E-state index contributed by atoms with van der Waals surface area (Å²) in [7, 11) is 0. The Bertz CT molecular complexity index is 1180. The van der Waals surface area contributed by atoms with Gasteiger partial charge in [0.1, 0.15) is 11.8 Å². The largest absolute Gasteiger partial charge is 0.298 e. The molecule has 0 amide bonds. The lowest BCUT2D eigenvalue weighted by Gasteiger charge is -2.09. The van der Waals surface area contributed by atoms with E-state index < -0.39 is 0 Å². The smallest absolute Gasteiger partial charge is 0.116 e. The van der Waals surface area contributed by atoms with E-state index in [1.165, 1.54) is 0 Å². The molecule has 0 aliphatic heterocycles. The van der Waals surface area contributed by atoms with Crippen molar-refractivity contribution in [3.63, 3.8) is 0 Å². The van der Waals surface area contributed by atoms with E-state index in [1.54, 1.807) is 0 Å². The van der Waals surface area contributed by atoms with E-state index >= 15 is 0 Å². The van der Waals surface area contributed by atoms with Gasteiger partial charge in [0.25, 0.3) is 0 Å². The molecular weight excluding hydrogens is 306 g/mol. The highest BCUT2D eigenvalue weighted by Gasteiger charge is 2.15. The molecule has 25 heavy (non-hydrogen) atoms. The van der Waals surface area contributed by atoms with Crippen molar-refractivity contribution in [3.05, 3.63) is 91.3 Å². The van der Waals surface area contributed by atoms with Gasteiger partial charge in [0.2, 0.25) is 0 Å². The number of aromatic nitrogens is 3. The number of fused-ring (bicyclic) bond motifs is 3. The first kappa shape index (κ1) is 13.9. The minimum atomic E-state index is 0.920. The fraction of sp³-hybridized carbons (Fsp3) is 0. The first-order chi connectivity index (χ1) is 12.4. The summed E-state index contributed by atoms with van der Waals surface area (Å²) in [6.07, 6.45) is 1.89. The Morgan fingerprint density at radius 2 is 1.36 bits per heavy atom.